The van der Waals surface area contributed by atoms with E-state index in [1.807, 2.05) is 66.2 Å². The number of anilines is 1. The predicted octanol–water partition coefficient (Wildman–Crippen LogP) is 3.28. The van der Waals surface area contributed by atoms with E-state index in [0.29, 0.717) is 5.89 Å². The number of nitrogens with zero attached hydrogens (tertiary/aromatic N) is 2. The molecule has 0 spiro atoms. The van der Waals surface area contributed by atoms with E-state index >= 15 is 0 Å². The fraction of sp³-hybridized carbons (Fsp3) is 0.111. The van der Waals surface area contributed by atoms with Crippen LogP contribution in [-0.2, 0) is 11.8 Å². The maximum absolute atomic E-state index is 11.9. The second-order valence-electron chi connectivity index (χ2n) is 5.01. The molecule has 2 aromatic carbocycles. The van der Waals surface area contributed by atoms with Gasteiger partial charge in [-0.1, -0.05) is 30.3 Å². The van der Waals surface area contributed by atoms with E-state index in [9.17, 15) is 4.79 Å². The molecule has 1 amide bonds. The Bertz CT molecular complexity index is 835. The molecule has 0 fully saturated rings. The molecular formula is C18H17N2O2+. The van der Waals surface area contributed by atoms with Crippen LogP contribution >= 0.6 is 0 Å². The molecule has 0 atom stereocenters. The maximum Gasteiger partial charge on any atom is 0.375 e. The normalized spacial score (nSPS) is 11.2. The number of para-hydroxylation sites is 3. The number of carbonyl (C=O) groups is 1. The molecule has 3 rings (SSSR count). The average Bonchev–Trinajstić information content (AvgIpc) is 2.85. The van der Waals surface area contributed by atoms with Crippen molar-refractivity contribution in [3.05, 3.63) is 66.7 Å². The van der Waals surface area contributed by atoms with Gasteiger partial charge in [0.1, 0.15) is 7.05 Å². The quantitative estimate of drug-likeness (QED) is 0.695. The van der Waals surface area contributed by atoms with Crippen molar-refractivity contribution in [1.29, 1.82) is 0 Å². The summed E-state index contributed by atoms with van der Waals surface area (Å²) in [6, 6.07) is 17.3. The van der Waals surface area contributed by atoms with Gasteiger partial charge in [-0.2, -0.15) is 4.57 Å². The third-order valence-corrected chi connectivity index (χ3v) is 3.51. The monoisotopic (exact) mass is 293 g/mol. The first-order valence-electron chi connectivity index (χ1n) is 7.07. The van der Waals surface area contributed by atoms with Crippen LogP contribution in [0.5, 0.6) is 0 Å². The Labute approximate surface area is 128 Å². The number of hydrogen-bond donors (Lipinski definition) is 0. The smallest absolute Gasteiger partial charge is 0.375 e. The predicted molar refractivity (Wildman–Crippen MR) is 86.0 cm³/mol. The average molecular weight is 293 g/mol. The van der Waals surface area contributed by atoms with E-state index in [1.54, 1.807) is 17.2 Å². The third kappa shape index (κ3) is 2.63. The Morgan fingerprint density at radius 3 is 2.45 bits per heavy atom. The van der Waals surface area contributed by atoms with Gasteiger partial charge in [0.25, 0.3) is 5.52 Å². The maximum atomic E-state index is 11.9. The number of aryl methyl sites for hydroxylation is 1. The van der Waals surface area contributed by atoms with Crippen LogP contribution in [0, 0.1) is 0 Å². The van der Waals surface area contributed by atoms with Crippen LogP contribution in [0.15, 0.2) is 65.2 Å². The van der Waals surface area contributed by atoms with E-state index in [1.165, 1.54) is 6.92 Å². The minimum absolute atomic E-state index is 0.0544. The Kier molecular flexibility index (Phi) is 3.74. The molecule has 0 aliphatic carbocycles. The Balaban J connectivity index is 1.96. The summed E-state index contributed by atoms with van der Waals surface area (Å²) in [6.45, 7) is 1.54. The van der Waals surface area contributed by atoms with Crippen LogP contribution in [0.3, 0.4) is 0 Å². The van der Waals surface area contributed by atoms with Gasteiger partial charge in [0.2, 0.25) is 11.5 Å². The van der Waals surface area contributed by atoms with Crippen molar-refractivity contribution in [2.45, 2.75) is 6.92 Å². The number of benzene rings is 2. The lowest BCUT2D eigenvalue weighted by molar-refractivity contribution is -0.652. The van der Waals surface area contributed by atoms with Crippen molar-refractivity contribution in [2.75, 3.05) is 4.90 Å². The molecule has 110 valence electrons. The summed E-state index contributed by atoms with van der Waals surface area (Å²) in [6.07, 6.45) is 3.53. The summed E-state index contributed by atoms with van der Waals surface area (Å²) < 4.78 is 7.76. The molecule has 1 aromatic heterocycles. The first-order valence-corrected chi connectivity index (χ1v) is 7.07. The van der Waals surface area contributed by atoms with Gasteiger partial charge in [0.05, 0.1) is 6.08 Å². The zero-order chi connectivity index (χ0) is 15.5. The molecule has 4 nitrogen and oxygen atoms in total. The van der Waals surface area contributed by atoms with Crippen molar-refractivity contribution in [1.82, 2.24) is 0 Å². The number of rotatable bonds is 3. The molecule has 1 heterocycles. The SMILES string of the molecule is CC(=O)N(C=Cc1oc2ccccc2[n+]1C)c1ccccc1. The number of oxazole rings is 1. The zero-order valence-electron chi connectivity index (χ0n) is 12.6. The molecule has 3 aromatic rings. The van der Waals surface area contributed by atoms with E-state index in [2.05, 4.69) is 0 Å². The van der Waals surface area contributed by atoms with Gasteiger partial charge in [-0.05, 0) is 18.2 Å². The fourth-order valence-corrected chi connectivity index (χ4v) is 2.37. The van der Waals surface area contributed by atoms with Crippen LogP contribution in [-0.4, -0.2) is 5.91 Å². The minimum atomic E-state index is -0.0544. The first kappa shape index (κ1) is 14.1. The summed E-state index contributed by atoms with van der Waals surface area (Å²) in [4.78, 5) is 13.5. The summed E-state index contributed by atoms with van der Waals surface area (Å²) in [7, 11) is 1.94. The lowest BCUT2D eigenvalue weighted by atomic mass is 10.3. The van der Waals surface area contributed by atoms with Crippen molar-refractivity contribution in [3.63, 3.8) is 0 Å². The van der Waals surface area contributed by atoms with E-state index in [0.717, 1.165) is 16.8 Å². The van der Waals surface area contributed by atoms with Crippen LogP contribution in [0.1, 0.15) is 12.8 Å². The van der Waals surface area contributed by atoms with Crippen molar-refractivity contribution in [2.24, 2.45) is 7.05 Å². The fourth-order valence-electron chi connectivity index (χ4n) is 2.37. The van der Waals surface area contributed by atoms with E-state index in [4.69, 9.17) is 4.42 Å². The molecule has 0 N–H and O–H groups in total. The lowest BCUT2D eigenvalue weighted by Crippen LogP contribution is -2.29. The van der Waals surface area contributed by atoms with Gasteiger partial charge in [-0.3, -0.25) is 9.69 Å². The number of hydrogen-bond acceptors (Lipinski definition) is 2. The standard InChI is InChI=1S/C18H17N2O2/c1-14(21)20(15-8-4-3-5-9-15)13-12-18-19(2)16-10-6-7-11-17(16)22-18/h3-13H,1-2H3/q+1. The zero-order valence-corrected chi connectivity index (χ0v) is 12.6. The van der Waals surface area contributed by atoms with Crippen molar-refractivity contribution in [3.8, 4) is 0 Å². The van der Waals surface area contributed by atoms with Gasteiger partial charge in [-0.15, -0.1) is 0 Å². The summed E-state index contributed by atoms with van der Waals surface area (Å²) in [5, 5.41) is 0. The van der Waals surface area contributed by atoms with Gasteiger partial charge in [0.15, 0.2) is 0 Å². The van der Waals surface area contributed by atoms with Crippen molar-refractivity contribution < 1.29 is 13.8 Å². The number of carbonyl (C=O) groups excluding carboxylic acids is 1. The summed E-state index contributed by atoms with van der Waals surface area (Å²) in [5.74, 6) is 0.629. The summed E-state index contributed by atoms with van der Waals surface area (Å²) in [5.41, 5.74) is 2.65. The van der Waals surface area contributed by atoms with E-state index in [-0.39, 0.29) is 5.91 Å². The molecular weight excluding hydrogens is 276 g/mol. The van der Waals surface area contributed by atoms with E-state index < -0.39 is 0 Å². The molecule has 0 aliphatic rings. The second kappa shape index (κ2) is 5.85. The molecule has 22 heavy (non-hydrogen) atoms. The number of aromatic nitrogens is 1. The molecule has 4 heteroatoms. The molecule has 0 aliphatic heterocycles. The van der Waals surface area contributed by atoms with Crippen molar-refractivity contribution >= 4 is 28.8 Å². The molecule has 0 unspecified atom stereocenters. The topological polar surface area (TPSA) is 37.3 Å². The summed E-state index contributed by atoms with van der Waals surface area (Å²) >= 11 is 0. The van der Waals surface area contributed by atoms with Gasteiger partial charge in [0, 0.05) is 24.9 Å². The Hall–Kier alpha value is -2.88. The highest BCUT2D eigenvalue weighted by Crippen LogP contribution is 2.17. The van der Waals surface area contributed by atoms with Gasteiger partial charge >= 0.3 is 5.89 Å². The molecule has 0 saturated carbocycles. The molecule has 0 saturated heterocycles. The molecule has 0 radical (unpaired) electrons. The van der Waals surface area contributed by atoms with Crippen LogP contribution < -0.4 is 9.47 Å². The Morgan fingerprint density at radius 2 is 1.77 bits per heavy atom. The van der Waals surface area contributed by atoms with Gasteiger partial charge in [-0.25, -0.2) is 0 Å². The van der Waals surface area contributed by atoms with Crippen LogP contribution in [0.4, 0.5) is 5.69 Å². The molecule has 0 bridgehead atoms. The van der Waals surface area contributed by atoms with Crippen LogP contribution in [0.2, 0.25) is 0 Å². The highest BCUT2D eigenvalue weighted by molar-refractivity contribution is 5.94. The highest BCUT2D eigenvalue weighted by Gasteiger charge is 2.16. The van der Waals surface area contributed by atoms with Crippen LogP contribution in [0.25, 0.3) is 17.2 Å². The minimum Gasteiger partial charge on any atom is -0.398 e. The number of amides is 1. The Morgan fingerprint density at radius 1 is 1.09 bits per heavy atom. The second-order valence-corrected chi connectivity index (χ2v) is 5.01. The third-order valence-electron chi connectivity index (χ3n) is 3.51. The number of fused-ring (bicyclic) bond motifs is 1. The largest absolute Gasteiger partial charge is 0.398 e. The lowest BCUT2D eigenvalue weighted by Gasteiger charge is -2.15. The first-order chi connectivity index (χ1) is 10.7. The highest BCUT2D eigenvalue weighted by atomic mass is 16.3. The van der Waals surface area contributed by atoms with Gasteiger partial charge < -0.3 is 4.42 Å².